The fourth-order valence-electron chi connectivity index (χ4n) is 3.26. The van der Waals surface area contributed by atoms with Crippen molar-refractivity contribution in [3.8, 4) is 0 Å². The van der Waals surface area contributed by atoms with E-state index < -0.39 is 0 Å². The molecule has 1 aliphatic heterocycles. The highest BCUT2D eigenvalue weighted by atomic mass is 32.2. The van der Waals surface area contributed by atoms with E-state index in [9.17, 15) is 9.59 Å². The van der Waals surface area contributed by atoms with Crippen LogP contribution in [-0.2, 0) is 10.5 Å². The lowest BCUT2D eigenvalue weighted by Crippen LogP contribution is -2.32. The first-order valence-electron chi connectivity index (χ1n) is 10.1. The van der Waals surface area contributed by atoms with Crippen LogP contribution in [0.4, 0.5) is 5.69 Å². The fraction of sp³-hybridized carbons (Fsp3) is 0.273. The highest BCUT2D eigenvalue weighted by molar-refractivity contribution is 7.98. The zero-order valence-corrected chi connectivity index (χ0v) is 17.7. The number of aromatic amines is 1. The van der Waals surface area contributed by atoms with Gasteiger partial charge in [-0.05, 0) is 42.7 Å². The van der Waals surface area contributed by atoms with Gasteiger partial charge >= 0.3 is 0 Å². The molecule has 4 rings (SSSR count). The highest BCUT2D eigenvalue weighted by Gasteiger charge is 2.18. The van der Waals surface area contributed by atoms with Crippen molar-refractivity contribution in [1.82, 2.24) is 20.5 Å². The first-order chi connectivity index (χ1) is 15.2. The minimum Gasteiger partial charge on any atom is -0.376 e. The molecule has 3 N–H and O–H groups in total. The highest BCUT2D eigenvalue weighted by Crippen LogP contribution is 2.20. The molecule has 0 spiro atoms. The number of ether oxygens (including phenoxy) is 1. The maximum atomic E-state index is 12.7. The molecule has 1 aromatic heterocycles. The monoisotopic (exact) mass is 437 g/mol. The van der Waals surface area contributed by atoms with Crippen LogP contribution in [0.2, 0.25) is 0 Å². The van der Waals surface area contributed by atoms with E-state index >= 15 is 0 Å². The molecule has 31 heavy (non-hydrogen) atoms. The predicted molar refractivity (Wildman–Crippen MR) is 118 cm³/mol. The minimum atomic E-state index is -0.270. The molecule has 2 heterocycles. The smallest absolute Gasteiger partial charge is 0.255 e. The second-order valence-corrected chi connectivity index (χ2v) is 8.09. The molecule has 160 valence electrons. The van der Waals surface area contributed by atoms with Crippen LogP contribution in [0.1, 0.15) is 39.1 Å². The second-order valence-electron chi connectivity index (χ2n) is 7.12. The number of rotatable bonds is 8. The zero-order valence-electron chi connectivity index (χ0n) is 16.8. The van der Waals surface area contributed by atoms with Crippen LogP contribution in [0.15, 0.2) is 60.0 Å². The van der Waals surface area contributed by atoms with Crippen LogP contribution in [0.25, 0.3) is 0 Å². The SMILES string of the molecule is O=C(Nc1ccccc1C(=O)NCC1CCCO1)c1ccc(CSc2ncn[nH]2)cc1. The summed E-state index contributed by atoms with van der Waals surface area (Å²) in [7, 11) is 0. The zero-order chi connectivity index (χ0) is 21.5. The van der Waals surface area contributed by atoms with E-state index in [0.29, 0.717) is 29.1 Å². The van der Waals surface area contributed by atoms with E-state index in [1.54, 1.807) is 36.4 Å². The Labute approximate surface area is 184 Å². The Bertz CT molecular complexity index is 1020. The third kappa shape index (κ3) is 5.71. The number of amides is 2. The molecule has 1 fully saturated rings. The van der Waals surface area contributed by atoms with Crippen LogP contribution in [0.3, 0.4) is 0 Å². The van der Waals surface area contributed by atoms with Crippen molar-refractivity contribution >= 4 is 29.3 Å². The van der Waals surface area contributed by atoms with Gasteiger partial charge < -0.3 is 15.4 Å². The topological polar surface area (TPSA) is 109 Å². The van der Waals surface area contributed by atoms with E-state index in [2.05, 4.69) is 25.8 Å². The minimum absolute atomic E-state index is 0.0615. The van der Waals surface area contributed by atoms with E-state index in [1.807, 2.05) is 12.1 Å². The molecule has 1 atom stereocenters. The number of nitrogens with zero attached hydrogens (tertiary/aromatic N) is 2. The Kier molecular flexibility index (Phi) is 6.96. The van der Waals surface area contributed by atoms with E-state index in [1.165, 1.54) is 18.1 Å². The Morgan fingerprint density at radius 1 is 1.13 bits per heavy atom. The molecule has 3 aromatic rings. The summed E-state index contributed by atoms with van der Waals surface area (Å²) in [5.41, 5.74) is 2.48. The summed E-state index contributed by atoms with van der Waals surface area (Å²) >= 11 is 1.53. The summed E-state index contributed by atoms with van der Waals surface area (Å²) < 4.78 is 5.55. The summed E-state index contributed by atoms with van der Waals surface area (Å²) in [4.78, 5) is 29.4. The molecule has 2 amide bonds. The molecule has 2 aromatic carbocycles. The van der Waals surface area contributed by atoms with Gasteiger partial charge in [-0.15, -0.1) is 0 Å². The maximum absolute atomic E-state index is 12.7. The fourth-order valence-corrected chi connectivity index (χ4v) is 3.99. The number of aromatic nitrogens is 3. The van der Waals surface area contributed by atoms with Gasteiger partial charge in [-0.3, -0.25) is 14.7 Å². The number of hydrogen-bond acceptors (Lipinski definition) is 6. The third-order valence-electron chi connectivity index (χ3n) is 4.92. The number of hydrogen-bond donors (Lipinski definition) is 3. The Balaban J connectivity index is 1.36. The van der Waals surface area contributed by atoms with Gasteiger partial charge in [0.2, 0.25) is 0 Å². The molecule has 1 saturated heterocycles. The number of benzene rings is 2. The average Bonchev–Trinajstić information content (AvgIpc) is 3.51. The Hall–Kier alpha value is -3.17. The molecular weight excluding hydrogens is 414 g/mol. The first-order valence-corrected chi connectivity index (χ1v) is 11.0. The van der Waals surface area contributed by atoms with Crippen molar-refractivity contribution in [3.63, 3.8) is 0 Å². The van der Waals surface area contributed by atoms with Crippen molar-refractivity contribution < 1.29 is 14.3 Å². The predicted octanol–water partition coefficient (Wildman–Crippen LogP) is 3.26. The summed E-state index contributed by atoms with van der Waals surface area (Å²) in [5.74, 6) is 0.213. The number of carbonyl (C=O) groups is 2. The normalized spacial score (nSPS) is 15.5. The molecule has 0 saturated carbocycles. The Morgan fingerprint density at radius 3 is 2.71 bits per heavy atom. The van der Waals surface area contributed by atoms with Gasteiger partial charge in [0, 0.05) is 24.5 Å². The number of thioether (sulfide) groups is 1. The molecule has 9 heteroatoms. The maximum Gasteiger partial charge on any atom is 0.255 e. The lowest BCUT2D eigenvalue weighted by Gasteiger charge is -2.14. The standard InChI is InChI=1S/C22H23N5O3S/c28-20(16-9-7-15(8-10-16)13-31-22-24-14-25-27-22)26-19-6-2-1-5-18(19)21(29)23-12-17-4-3-11-30-17/h1-2,5-10,14,17H,3-4,11-13H2,(H,23,29)(H,26,28)(H,24,25,27). The largest absolute Gasteiger partial charge is 0.376 e. The Morgan fingerprint density at radius 2 is 1.97 bits per heavy atom. The van der Waals surface area contributed by atoms with Crippen molar-refractivity contribution in [2.45, 2.75) is 29.9 Å². The van der Waals surface area contributed by atoms with Crippen molar-refractivity contribution in [3.05, 3.63) is 71.5 Å². The first kappa shape index (κ1) is 21.1. The number of nitrogens with one attached hydrogen (secondary N) is 3. The van der Waals surface area contributed by atoms with Gasteiger partial charge in [0.1, 0.15) is 6.33 Å². The molecule has 0 bridgehead atoms. The number of anilines is 1. The van der Waals surface area contributed by atoms with Crippen molar-refractivity contribution in [1.29, 1.82) is 0 Å². The quantitative estimate of drug-likeness (QED) is 0.467. The molecule has 1 unspecified atom stereocenters. The van der Waals surface area contributed by atoms with Crippen LogP contribution in [0, 0.1) is 0 Å². The number of para-hydroxylation sites is 1. The van der Waals surface area contributed by atoms with Gasteiger partial charge in [0.25, 0.3) is 11.8 Å². The van der Waals surface area contributed by atoms with Crippen LogP contribution < -0.4 is 10.6 Å². The van der Waals surface area contributed by atoms with Gasteiger partial charge in [0.15, 0.2) is 5.16 Å². The van der Waals surface area contributed by atoms with Crippen LogP contribution in [-0.4, -0.2) is 46.3 Å². The lowest BCUT2D eigenvalue weighted by atomic mass is 10.1. The summed E-state index contributed by atoms with van der Waals surface area (Å²) in [6, 6.07) is 14.3. The van der Waals surface area contributed by atoms with E-state index in [4.69, 9.17) is 4.74 Å². The van der Waals surface area contributed by atoms with Crippen LogP contribution in [0.5, 0.6) is 0 Å². The van der Waals surface area contributed by atoms with Gasteiger partial charge in [-0.25, -0.2) is 4.98 Å². The van der Waals surface area contributed by atoms with E-state index in [-0.39, 0.29) is 17.9 Å². The van der Waals surface area contributed by atoms with Gasteiger partial charge in [-0.1, -0.05) is 36.0 Å². The lowest BCUT2D eigenvalue weighted by molar-refractivity contribution is 0.0858. The molecular formula is C22H23N5O3S. The van der Waals surface area contributed by atoms with Crippen LogP contribution >= 0.6 is 11.8 Å². The summed E-state index contributed by atoms with van der Waals surface area (Å²) in [6.45, 7) is 1.21. The van der Waals surface area contributed by atoms with E-state index in [0.717, 1.165) is 30.2 Å². The summed E-state index contributed by atoms with van der Waals surface area (Å²) in [5, 5.41) is 13.1. The molecule has 8 nitrogen and oxygen atoms in total. The summed E-state index contributed by atoms with van der Waals surface area (Å²) in [6.07, 6.45) is 3.50. The average molecular weight is 438 g/mol. The van der Waals surface area contributed by atoms with Crippen molar-refractivity contribution in [2.24, 2.45) is 0 Å². The van der Waals surface area contributed by atoms with Crippen molar-refractivity contribution in [2.75, 3.05) is 18.5 Å². The van der Waals surface area contributed by atoms with Gasteiger partial charge in [0.05, 0.1) is 17.4 Å². The van der Waals surface area contributed by atoms with Gasteiger partial charge in [-0.2, -0.15) is 5.10 Å². The second kappa shape index (κ2) is 10.2. The third-order valence-corrected chi connectivity index (χ3v) is 5.87. The number of H-pyrrole nitrogens is 1. The molecule has 1 aliphatic rings. The molecule has 0 aliphatic carbocycles. The molecule has 0 radical (unpaired) electrons. The number of carbonyl (C=O) groups excluding carboxylic acids is 2.